The molecule has 0 saturated carbocycles. The Morgan fingerprint density at radius 2 is 2.39 bits per heavy atom. The molecule has 0 aromatic heterocycles. The van der Waals surface area contributed by atoms with Crippen LogP contribution in [0.5, 0.6) is 0 Å². The lowest BCUT2D eigenvalue weighted by Crippen LogP contribution is -2.26. The minimum Gasteiger partial charge on any atom is -0.409 e. The highest BCUT2D eigenvalue weighted by atomic mass is 19.1. The number of nitrogens with zero attached hydrogens (tertiary/aromatic N) is 2. The summed E-state index contributed by atoms with van der Waals surface area (Å²) in [6.07, 6.45) is 2.34. The molecule has 2 rings (SSSR count). The summed E-state index contributed by atoms with van der Waals surface area (Å²) in [4.78, 5) is 2.27. The van der Waals surface area contributed by atoms with Crippen molar-refractivity contribution < 1.29 is 9.60 Å². The van der Waals surface area contributed by atoms with Gasteiger partial charge in [-0.25, -0.2) is 4.39 Å². The van der Waals surface area contributed by atoms with E-state index < -0.39 is 0 Å². The van der Waals surface area contributed by atoms with Crippen LogP contribution < -0.4 is 5.73 Å². The molecule has 1 unspecified atom stereocenters. The van der Waals surface area contributed by atoms with Crippen molar-refractivity contribution in [2.24, 2.45) is 10.9 Å². The minimum absolute atomic E-state index is 0.0741. The maximum absolute atomic E-state index is 13.9. The van der Waals surface area contributed by atoms with Crippen LogP contribution in [0, 0.1) is 5.82 Å². The predicted octanol–water partition coefficient (Wildman–Crippen LogP) is 1.90. The van der Waals surface area contributed by atoms with Gasteiger partial charge in [0.05, 0.1) is 0 Å². The van der Waals surface area contributed by atoms with Gasteiger partial charge in [-0.2, -0.15) is 0 Å². The van der Waals surface area contributed by atoms with Crippen molar-refractivity contribution in [3.63, 3.8) is 0 Å². The first-order valence-electron chi connectivity index (χ1n) is 6.12. The van der Waals surface area contributed by atoms with E-state index in [9.17, 15) is 4.39 Å². The van der Waals surface area contributed by atoms with Crippen molar-refractivity contribution >= 4 is 5.84 Å². The number of halogens is 1. The Hall–Kier alpha value is -1.62. The van der Waals surface area contributed by atoms with Crippen molar-refractivity contribution in [3.8, 4) is 0 Å². The first kappa shape index (κ1) is 12.8. The lowest BCUT2D eigenvalue weighted by atomic mass is 10.1. The van der Waals surface area contributed by atoms with E-state index in [0.717, 1.165) is 6.54 Å². The molecule has 0 aliphatic carbocycles. The largest absolute Gasteiger partial charge is 0.409 e. The van der Waals surface area contributed by atoms with Gasteiger partial charge in [0, 0.05) is 23.7 Å². The second-order valence-electron chi connectivity index (χ2n) is 4.75. The van der Waals surface area contributed by atoms with Crippen molar-refractivity contribution in [1.29, 1.82) is 0 Å². The summed E-state index contributed by atoms with van der Waals surface area (Å²) in [7, 11) is 0. The molecule has 1 atom stereocenters. The number of likely N-dealkylation sites (tertiary alicyclic amines) is 1. The van der Waals surface area contributed by atoms with Gasteiger partial charge >= 0.3 is 0 Å². The smallest absolute Gasteiger partial charge is 0.170 e. The van der Waals surface area contributed by atoms with Gasteiger partial charge in [0.15, 0.2) is 5.84 Å². The number of nitrogens with two attached hydrogens (primary N) is 1. The van der Waals surface area contributed by atoms with Crippen LogP contribution in [0.15, 0.2) is 23.4 Å². The summed E-state index contributed by atoms with van der Waals surface area (Å²) in [6.45, 7) is 3.79. The molecule has 0 radical (unpaired) electrons. The zero-order valence-corrected chi connectivity index (χ0v) is 10.4. The minimum atomic E-state index is -0.307. The van der Waals surface area contributed by atoms with Crippen molar-refractivity contribution in [2.45, 2.75) is 32.4 Å². The Kier molecular flexibility index (Phi) is 3.81. The highest BCUT2D eigenvalue weighted by molar-refractivity contribution is 5.97. The van der Waals surface area contributed by atoms with E-state index in [1.54, 1.807) is 12.1 Å². The Bertz CT molecular complexity index is 462. The molecule has 1 fully saturated rings. The van der Waals surface area contributed by atoms with Crippen LogP contribution in [0.25, 0.3) is 0 Å². The Balaban J connectivity index is 2.15. The molecular formula is C13H18FN3O. The van der Waals surface area contributed by atoms with E-state index in [1.165, 1.54) is 18.9 Å². The molecule has 0 amide bonds. The van der Waals surface area contributed by atoms with Crippen LogP contribution in [-0.4, -0.2) is 28.5 Å². The van der Waals surface area contributed by atoms with Gasteiger partial charge in [0.25, 0.3) is 0 Å². The second-order valence-corrected chi connectivity index (χ2v) is 4.75. The van der Waals surface area contributed by atoms with Gasteiger partial charge in [-0.15, -0.1) is 0 Å². The number of benzene rings is 1. The molecule has 1 saturated heterocycles. The zero-order chi connectivity index (χ0) is 13.1. The van der Waals surface area contributed by atoms with E-state index in [2.05, 4.69) is 17.0 Å². The topological polar surface area (TPSA) is 61.8 Å². The molecule has 1 aromatic carbocycles. The van der Waals surface area contributed by atoms with Crippen LogP contribution in [0.4, 0.5) is 4.39 Å². The van der Waals surface area contributed by atoms with Crippen LogP contribution >= 0.6 is 0 Å². The van der Waals surface area contributed by atoms with Gasteiger partial charge in [-0.1, -0.05) is 17.3 Å². The molecule has 4 nitrogen and oxygen atoms in total. The number of rotatable bonds is 3. The van der Waals surface area contributed by atoms with Crippen molar-refractivity contribution in [3.05, 3.63) is 35.1 Å². The normalized spacial score (nSPS) is 21.4. The summed E-state index contributed by atoms with van der Waals surface area (Å²) in [5.74, 6) is -0.381. The highest BCUT2D eigenvalue weighted by Crippen LogP contribution is 2.21. The number of oxime groups is 1. The fourth-order valence-corrected chi connectivity index (χ4v) is 2.34. The van der Waals surface area contributed by atoms with Gasteiger partial charge < -0.3 is 10.9 Å². The maximum atomic E-state index is 13.9. The lowest BCUT2D eigenvalue weighted by Gasteiger charge is -2.21. The molecule has 1 aromatic rings. The Labute approximate surface area is 106 Å². The third-order valence-corrected chi connectivity index (χ3v) is 3.52. The number of hydrogen-bond acceptors (Lipinski definition) is 3. The summed E-state index contributed by atoms with van der Waals surface area (Å²) < 4.78 is 13.9. The molecule has 1 aliphatic rings. The van der Waals surface area contributed by atoms with Gasteiger partial charge in [0.2, 0.25) is 0 Å². The molecular weight excluding hydrogens is 233 g/mol. The lowest BCUT2D eigenvalue weighted by molar-refractivity contribution is 0.256. The van der Waals surface area contributed by atoms with E-state index in [0.29, 0.717) is 23.7 Å². The summed E-state index contributed by atoms with van der Waals surface area (Å²) in [5.41, 5.74) is 6.47. The van der Waals surface area contributed by atoms with E-state index in [-0.39, 0.29) is 11.7 Å². The average molecular weight is 251 g/mol. The third kappa shape index (κ3) is 2.61. The van der Waals surface area contributed by atoms with E-state index in [4.69, 9.17) is 10.9 Å². The highest BCUT2D eigenvalue weighted by Gasteiger charge is 2.21. The standard InChI is InChI=1S/C13H18FN3O/c1-9-3-2-6-17(9)8-11-5-4-10(7-12(11)14)13(15)16-18/h4-5,7,9,18H,2-3,6,8H2,1H3,(H2,15,16). The Morgan fingerprint density at radius 1 is 1.61 bits per heavy atom. The molecule has 0 bridgehead atoms. The summed E-state index contributed by atoms with van der Waals surface area (Å²) in [6, 6.07) is 5.20. The van der Waals surface area contributed by atoms with Crippen molar-refractivity contribution in [1.82, 2.24) is 4.90 Å². The SMILES string of the molecule is CC1CCCN1Cc1ccc(/C(N)=N/O)cc1F. The Morgan fingerprint density at radius 3 is 2.94 bits per heavy atom. The predicted molar refractivity (Wildman–Crippen MR) is 68.0 cm³/mol. The quantitative estimate of drug-likeness (QED) is 0.373. The van der Waals surface area contributed by atoms with Crippen LogP contribution in [0.3, 0.4) is 0 Å². The molecule has 1 heterocycles. The first-order chi connectivity index (χ1) is 8.61. The second kappa shape index (κ2) is 5.35. The molecule has 3 N–H and O–H groups in total. The molecule has 18 heavy (non-hydrogen) atoms. The maximum Gasteiger partial charge on any atom is 0.170 e. The summed E-state index contributed by atoms with van der Waals surface area (Å²) in [5, 5.41) is 11.4. The van der Waals surface area contributed by atoms with E-state index in [1.807, 2.05) is 0 Å². The zero-order valence-electron chi connectivity index (χ0n) is 10.4. The molecule has 1 aliphatic heterocycles. The molecule has 98 valence electrons. The van der Waals surface area contributed by atoms with Crippen LogP contribution in [-0.2, 0) is 6.54 Å². The molecule has 5 heteroatoms. The number of hydrogen-bond donors (Lipinski definition) is 2. The average Bonchev–Trinajstić information content (AvgIpc) is 2.76. The van der Waals surface area contributed by atoms with Gasteiger partial charge in [-0.3, -0.25) is 4.90 Å². The number of amidine groups is 1. The monoisotopic (exact) mass is 251 g/mol. The van der Waals surface area contributed by atoms with Crippen LogP contribution in [0.2, 0.25) is 0 Å². The fraction of sp³-hybridized carbons (Fsp3) is 0.462. The summed E-state index contributed by atoms with van der Waals surface area (Å²) >= 11 is 0. The molecule has 0 spiro atoms. The van der Waals surface area contributed by atoms with Crippen molar-refractivity contribution in [2.75, 3.05) is 6.54 Å². The van der Waals surface area contributed by atoms with Gasteiger partial charge in [-0.05, 0) is 32.4 Å². The van der Waals surface area contributed by atoms with Crippen LogP contribution in [0.1, 0.15) is 30.9 Å². The van der Waals surface area contributed by atoms with Gasteiger partial charge in [0.1, 0.15) is 5.82 Å². The fourth-order valence-electron chi connectivity index (χ4n) is 2.34. The first-order valence-corrected chi connectivity index (χ1v) is 6.12. The van der Waals surface area contributed by atoms with E-state index >= 15 is 0 Å². The third-order valence-electron chi connectivity index (χ3n) is 3.52.